The minimum Gasteiger partial charge on any atom is -0.497 e. The number of hydrogen-bond donors (Lipinski definition) is 1. The molecular weight excluding hydrogens is 356 g/mol. The number of nitrogens with one attached hydrogen (secondary N) is 1. The van der Waals surface area contributed by atoms with E-state index >= 15 is 0 Å². The molecule has 0 atom stereocenters. The molecule has 3 aromatic rings. The molecule has 1 aliphatic rings. The third-order valence-corrected chi connectivity index (χ3v) is 5.14. The molecule has 1 saturated carbocycles. The third kappa shape index (κ3) is 3.50. The topological polar surface area (TPSA) is 63.8 Å². The average Bonchev–Trinajstić information content (AvgIpc) is 3.48. The van der Waals surface area contributed by atoms with E-state index < -0.39 is 0 Å². The number of amides is 1. The van der Waals surface area contributed by atoms with Crippen molar-refractivity contribution in [3.63, 3.8) is 0 Å². The van der Waals surface area contributed by atoms with Crippen LogP contribution in [0.4, 0.5) is 0 Å². The highest BCUT2D eigenvalue weighted by Crippen LogP contribution is 2.33. The number of H-pyrrole nitrogens is 1. The largest absolute Gasteiger partial charge is 0.497 e. The van der Waals surface area contributed by atoms with Crippen molar-refractivity contribution in [1.29, 1.82) is 0 Å². The highest BCUT2D eigenvalue weighted by molar-refractivity contribution is 5.98. The van der Waals surface area contributed by atoms with Crippen LogP contribution in [-0.2, 0) is 6.54 Å². The second-order valence-electron chi connectivity index (χ2n) is 6.98. The number of hydrogen-bond acceptors (Lipinski definition) is 4. The van der Waals surface area contributed by atoms with Crippen molar-refractivity contribution >= 4 is 16.8 Å². The lowest BCUT2D eigenvalue weighted by Gasteiger charge is -2.23. The Morgan fingerprint density at radius 3 is 2.39 bits per heavy atom. The van der Waals surface area contributed by atoms with E-state index in [4.69, 9.17) is 14.2 Å². The van der Waals surface area contributed by atoms with Gasteiger partial charge in [-0.1, -0.05) is 0 Å². The lowest BCUT2D eigenvalue weighted by Crippen LogP contribution is -2.33. The van der Waals surface area contributed by atoms with Crippen LogP contribution in [0.5, 0.6) is 17.2 Å². The highest BCUT2D eigenvalue weighted by atomic mass is 16.5. The maximum absolute atomic E-state index is 13.3. The molecule has 1 N–H and O–H groups in total. The van der Waals surface area contributed by atoms with Crippen molar-refractivity contribution < 1.29 is 19.0 Å². The second kappa shape index (κ2) is 7.46. The van der Waals surface area contributed by atoms with Crippen molar-refractivity contribution in [3.05, 3.63) is 53.7 Å². The van der Waals surface area contributed by atoms with Crippen molar-refractivity contribution in [2.75, 3.05) is 21.3 Å². The zero-order valence-corrected chi connectivity index (χ0v) is 16.3. The van der Waals surface area contributed by atoms with Gasteiger partial charge in [-0.05, 0) is 49.2 Å². The number of aromatic amines is 1. The maximum atomic E-state index is 13.3. The minimum absolute atomic E-state index is 0.0115. The van der Waals surface area contributed by atoms with Crippen LogP contribution in [0.1, 0.15) is 28.9 Å². The van der Waals surface area contributed by atoms with Crippen LogP contribution in [0.2, 0.25) is 0 Å². The average molecular weight is 380 g/mol. The van der Waals surface area contributed by atoms with Gasteiger partial charge in [0.25, 0.3) is 5.91 Å². The van der Waals surface area contributed by atoms with Gasteiger partial charge in [-0.2, -0.15) is 0 Å². The molecule has 0 saturated heterocycles. The molecule has 1 aromatic heterocycles. The summed E-state index contributed by atoms with van der Waals surface area (Å²) in [4.78, 5) is 18.5. The Bertz CT molecular complexity index is 1010. The Kier molecular flexibility index (Phi) is 4.86. The zero-order valence-electron chi connectivity index (χ0n) is 16.3. The summed E-state index contributed by atoms with van der Waals surface area (Å²) in [6, 6.07) is 13.6. The normalized spacial score (nSPS) is 13.4. The number of benzene rings is 2. The number of fused-ring (bicyclic) bond motifs is 1. The van der Waals surface area contributed by atoms with E-state index in [1.807, 2.05) is 47.4 Å². The van der Waals surface area contributed by atoms with Crippen LogP contribution in [-0.4, -0.2) is 43.2 Å². The number of ether oxygens (including phenoxy) is 3. The Labute approximate surface area is 164 Å². The van der Waals surface area contributed by atoms with E-state index in [1.165, 1.54) is 0 Å². The SMILES string of the molecule is COc1ccc(OC)c(CN(C(=O)c2cc3ccc(OC)cc3[nH]2)C2CC2)c1. The molecule has 28 heavy (non-hydrogen) atoms. The van der Waals surface area contributed by atoms with Gasteiger partial charge in [0.15, 0.2) is 0 Å². The van der Waals surface area contributed by atoms with Gasteiger partial charge in [-0.3, -0.25) is 4.79 Å². The molecule has 0 bridgehead atoms. The van der Waals surface area contributed by atoms with Crippen LogP contribution in [0, 0.1) is 0 Å². The molecule has 1 fully saturated rings. The molecule has 0 radical (unpaired) electrons. The quantitative estimate of drug-likeness (QED) is 0.673. The lowest BCUT2D eigenvalue weighted by atomic mass is 10.1. The molecule has 2 aromatic carbocycles. The Morgan fingerprint density at radius 2 is 1.71 bits per heavy atom. The molecule has 146 valence electrons. The van der Waals surface area contributed by atoms with E-state index in [9.17, 15) is 4.79 Å². The predicted molar refractivity (Wildman–Crippen MR) is 107 cm³/mol. The van der Waals surface area contributed by atoms with Crippen LogP contribution in [0.3, 0.4) is 0 Å². The molecular formula is C22H24N2O4. The van der Waals surface area contributed by atoms with E-state index in [2.05, 4.69) is 4.98 Å². The van der Waals surface area contributed by atoms with Gasteiger partial charge in [0.05, 0.1) is 27.9 Å². The molecule has 0 aliphatic heterocycles. The minimum atomic E-state index is -0.0115. The van der Waals surface area contributed by atoms with Gasteiger partial charge in [0.2, 0.25) is 0 Å². The summed E-state index contributed by atoms with van der Waals surface area (Å²) in [5.41, 5.74) is 2.40. The molecule has 6 nitrogen and oxygen atoms in total. The van der Waals surface area contributed by atoms with Gasteiger partial charge in [0.1, 0.15) is 22.9 Å². The van der Waals surface area contributed by atoms with Gasteiger partial charge in [0, 0.05) is 28.6 Å². The summed E-state index contributed by atoms with van der Waals surface area (Å²) in [5.74, 6) is 2.24. The van der Waals surface area contributed by atoms with Gasteiger partial charge >= 0.3 is 0 Å². The summed E-state index contributed by atoms with van der Waals surface area (Å²) in [6.07, 6.45) is 2.04. The van der Waals surface area contributed by atoms with Crippen LogP contribution in [0.25, 0.3) is 10.9 Å². The number of aromatic nitrogens is 1. The first-order chi connectivity index (χ1) is 13.6. The van der Waals surface area contributed by atoms with Crippen LogP contribution < -0.4 is 14.2 Å². The summed E-state index contributed by atoms with van der Waals surface area (Å²) >= 11 is 0. The monoisotopic (exact) mass is 380 g/mol. The van der Waals surface area contributed by atoms with Crippen molar-refractivity contribution in [3.8, 4) is 17.2 Å². The van der Waals surface area contributed by atoms with E-state index in [1.54, 1.807) is 21.3 Å². The smallest absolute Gasteiger partial charge is 0.270 e. The van der Waals surface area contributed by atoms with Crippen LogP contribution >= 0.6 is 0 Å². The Hall–Kier alpha value is -3.15. The first-order valence-electron chi connectivity index (χ1n) is 9.31. The van der Waals surface area contributed by atoms with Gasteiger partial charge in [-0.15, -0.1) is 0 Å². The number of methoxy groups -OCH3 is 3. The maximum Gasteiger partial charge on any atom is 0.270 e. The number of rotatable bonds is 7. The number of nitrogens with zero attached hydrogens (tertiary/aromatic N) is 1. The van der Waals surface area contributed by atoms with Gasteiger partial charge < -0.3 is 24.1 Å². The zero-order chi connectivity index (χ0) is 19.7. The predicted octanol–water partition coefficient (Wildman–Crippen LogP) is 4.00. The fourth-order valence-electron chi connectivity index (χ4n) is 3.45. The third-order valence-electron chi connectivity index (χ3n) is 5.14. The fraction of sp³-hybridized carbons (Fsp3) is 0.318. The molecule has 0 spiro atoms. The Morgan fingerprint density at radius 1 is 1.00 bits per heavy atom. The second-order valence-corrected chi connectivity index (χ2v) is 6.98. The van der Waals surface area contributed by atoms with E-state index in [0.29, 0.717) is 12.2 Å². The molecule has 1 aliphatic carbocycles. The van der Waals surface area contributed by atoms with E-state index in [-0.39, 0.29) is 11.9 Å². The van der Waals surface area contributed by atoms with Crippen molar-refractivity contribution in [1.82, 2.24) is 9.88 Å². The summed E-state index contributed by atoms with van der Waals surface area (Å²) < 4.78 is 16.1. The van der Waals surface area contributed by atoms with E-state index in [0.717, 1.165) is 46.6 Å². The molecule has 6 heteroatoms. The summed E-state index contributed by atoms with van der Waals surface area (Å²) in [6.45, 7) is 0.475. The molecule has 1 amide bonds. The number of carbonyl (C=O) groups excluding carboxylic acids is 1. The van der Waals surface area contributed by atoms with Gasteiger partial charge in [-0.25, -0.2) is 0 Å². The Balaban J connectivity index is 1.64. The summed E-state index contributed by atoms with van der Waals surface area (Å²) in [7, 11) is 4.90. The van der Waals surface area contributed by atoms with Crippen molar-refractivity contribution in [2.45, 2.75) is 25.4 Å². The van der Waals surface area contributed by atoms with Crippen LogP contribution in [0.15, 0.2) is 42.5 Å². The van der Waals surface area contributed by atoms with Crippen molar-refractivity contribution in [2.24, 2.45) is 0 Å². The fourth-order valence-corrected chi connectivity index (χ4v) is 3.45. The molecule has 4 rings (SSSR count). The first-order valence-corrected chi connectivity index (χ1v) is 9.31. The highest BCUT2D eigenvalue weighted by Gasteiger charge is 2.34. The molecule has 0 unspecified atom stereocenters. The summed E-state index contributed by atoms with van der Waals surface area (Å²) in [5, 5.41) is 0.985. The number of carbonyl (C=O) groups is 1. The molecule has 1 heterocycles. The standard InChI is InChI=1S/C22H24N2O4/c1-26-17-8-9-21(28-3)15(10-17)13-24(16-5-6-16)22(25)20-11-14-4-7-18(27-2)12-19(14)23-20/h4,7-12,16,23H,5-6,13H2,1-3H3. The lowest BCUT2D eigenvalue weighted by molar-refractivity contribution is 0.0723. The first kappa shape index (κ1) is 18.2.